The number of amides is 1. The number of carbonyl (C=O) groups is 1. The second kappa shape index (κ2) is 6.43. The van der Waals surface area contributed by atoms with Crippen LogP contribution in [0.25, 0.3) is 5.78 Å². The Morgan fingerprint density at radius 3 is 2.42 bits per heavy atom. The van der Waals surface area contributed by atoms with E-state index >= 15 is 0 Å². The summed E-state index contributed by atoms with van der Waals surface area (Å²) in [5.41, 5.74) is 7.02. The zero-order valence-electron chi connectivity index (χ0n) is 12.6. The molecule has 0 aliphatic heterocycles. The number of anilines is 1. The maximum atomic E-state index is 12.2. The third-order valence-corrected chi connectivity index (χ3v) is 3.94. The van der Waals surface area contributed by atoms with Gasteiger partial charge in [0.2, 0.25) is 5.82 Å². The van der Waals surface area contributed by atoms with Gasteiger partial charge >= 0.3 is 5.91 Å². The summed E-state index contributed by atoms with van der Waals surface area (Å²) in [7, 11) is 0. The molecule has 1 amide bonds. The summed E-state index contributed by atoms with van der Waals surface area (Å²) in [5.74, 6) is -0.246. The molecule has 0 aliphatic rings. The summed E-state index contributed by atoms with van der Waals surface area (Å²) < 4.78 is 1.49. The van der Waals surface area contributed by atoms with Crippen LogP contribution in [0.1, 0.15) is 22.0 Å². The molecule has 0 bridgehead atoms. The normalized spacial score (nSPS) is 10.9. The first-order chi connectivity index (χ1) is 11.3. The van der Waals surface area contributed by atoms with Crippen LogP contribution in [-0.4, -0.2) is 25.5 Å². The number of aryl methyl sites for hydroxylation is 2. The quantitative estimate of drug-likeness (QED) is 0.675. The van der Waals surface area contributed by atoms with Gasteiger partial charge in [-0.1, -0.05) is 34.8 Å². The molecule has 0 spiro atoms. The number of carbonyl (C=O) groups excluding carboxylic acids is 1. The van der Waals surface area contributed by atoms with Crippen LogP contribution in [0.4, 0.5) is 5.69 Å². The highest BCUT2D eigenvalue weighted by atomic mass is 35.5. The van der Waals surface area contributed by atoms with Crippen LogP contribution in [-0.2, 0) is 0 Å². The Bertz CT molecular complexity index is 932. The second-order valence-corrected chi connectivity index (χ2v) is 6.26. The molecule has 7 nitrogen and oxygen atoms in total. The van der Waals surface area contributed by atoms with Gasteiger partial charge in [-0.15, -0.1) is 5.10 Å². The molecule has 0 fully saturated rings. The number of rotatable bonds is 3. The summed E-state index contributed by atoms with van der Waals surface area (Å²) in [6, 6.07) is 4.85. The smallest absolute Gasteiger partial charge is 0.295 e. The molecule has 3 aromatic rings. The fraction of sp³-hybridized carbons (Fsp3) is 0.143. The van der Waals surface area contributed by atoms with Gasteiger partial charge in [-0.05, 0) is 32.0 Å². The van der Waals surface area contributed by atoms with Gasteiger partial charge in [-0.3, -0.25) is 15.6 Å². The molecule has 0 radical (unpaired) electrons. The van der Waals surface area contributed by atoms with Crippen LogP contribution in [0.15, 0.2) is 18.2 Å². The number of halogens is 3. The van der Waals surface area contributed by atoms with Gasteiger partial charge in [0.05, 0.1) is 15.7 Å². The predicted molar refractivity (Wildman–Crippen MR) is 92.8 cm³/mol. The standard InChI is InChI=1S/C14H11Cl3N6O/c1-6-3-7(2)23-14(18-6)19-12(22-23)13(24)21-20-11-9(16)4-8(15)5-10(11)17/h3-5,20H,1-2H3,(H,21,24). The molecular formula is C14H11Cl3N6O. The van der Waals surface area contributed by atoms with Crippen LogP contribution in [0.2, 0.25) is 15.1 Å². The van der Waals surface area contributed by atoms with E-state index in [4.69, 9.17) is 34.8 Å². The molecule has 1 aromatic carbocycles. The molecule has 10 heteroatoms. The van der Waals surface area contributed by atoms with Crippen LogP contribution in [0.5, 0.6) is 0 Å². The lowest BCUT2D eigenvalue weighted by atomic mass is 10.3. The fourth-order valence-electron chi connectivity index (χ4n) is 2.10. The summed E-state index contributed by atoms with van der Waals surface area (Å²) in [5, 5.41) is 5.05. The average Bonchev–Trinajstić information content (AvgIpc) is 2.90. The number of aromatic nitrogens is 4. The van der Waals surface area contributed by atoms with Crippen molar-refractivity contribution in [2.45, 2.75) is 13.8 Å². The number of fused-ring (bicyclic) bond motifs is 1. The highest BCUT2D eigenvalue weighted by Gasteiger charge is 2.16. The first-order valence-electron chi connectivity index (χ1n) is 6.77. The van der Waals surface area contributed by atoms with E-state index in [0.717, 1.165) is 11.4 Å². The Balaban J connectivity index is 1.82. The van der Waals surface area contributed by atoms with E-state index in [-0.39, 0.29) is 15.9 Å². The minimum Gasteiger partial charge on any atom is -0.295 e. The molecule has 0 saturated heterocycles. The van der Waals surface area contributed by atoms with Gasteiger partial charge in [0.1, 0.15) is 0 Å². The molecule has 2 heterocycles. The topological polar surface area (TPSA) is 84.2 Å². The van der Waals surface area contributed by atoms with E-state index in [9.17, 15) is 4.79 Å². The molecule has 3 rings (SSSR count). The highest BCUT2D eigenvalue weighted by Crippen LogP contribution is 2.33. The largest absolute Gasteiger partial charge is 0.309 e. The zero-order valence-corrected chi connectivity index (χ0v) is 14.8. The number of hydrogen-bond donors (Lipinski definition) is 2. The lowest BCUT2D eigenvalue weighted by Gasteiger charge is -2.10. The van der Waals surface area contributed by atoms with Gasteiger partial charge in [-0.2, -0.15) is 4.98 Å². The van der Waals surface area contributed by atoms with E-state index < -0.39 is 5.91 Å². The summed E-state index contributed by atoms with van der Waals surface area (Å²) in [4.78, 5) is 20.6. The highest BCUT2D eigenvalue weighted by molar-refractivity contribution is 6.41. The van der Waals surface area contributed by atoms with Gasteiger partial charge in [0.15, 0.2) is 0 Å². The first-order valence-corrected chi connectivity index (χ1v) is 7.90. The number of benzene rings is 1. The Morgan fingerprint density at radius 1 is 1.08 bits per heavy atom. The lowest BCUT2D eigenvalue weighted by Crippen LogP contribution is -2.30. The van der Waals surface area contributed by atoms with Crippen molar-refractivity contribution in [1.82, 2.24) is 25.0 Å². The van der Waals surface area contributed by atoms with Crippen molar-refractivity contribution < 1.29 is 4.79 Å². The molecule has 24 heavy (non-hydrogen) atoms. The van der Waals surface area contributed by atoms with Crippen molar-refractivity contribution in [3.8, 4) is 0 Å². The third kappa shape index (κ3) is 3.24. The van der Waals surface area contributed by atoms with E-state index in [0.29, 0.717) is 16.5 Å². The Morgan fingerprint density at radius 2 is 1.75 bits per heavy atom. The van der Waals surface area contributed by atoms with Crippen LogP contribution >= 0.6 is 34.8 Å². The van der Waals surface area contributed by atoms with Crippen LogP contribution < -0.4 is 10.9 Å². The molecule has 124 valence electrons. The van der Waals surface area contributed by atoms with E-state index in [1.165, 1.54) is 16.6 Å². The zero-order chi connectivity index (χ0) is 17.4. The van der Waals surface area contributed by atoms with Gasteiger partial charge < -0.3 is 0 Å². The maximum Gasteiger partial charge on any atom is 0.309 e. The van der Waals surface area contributed by atoms with Gasteiger partial charge in [-0.25, -0.2) is 9.50 Å². The molecule has 0 saturated carbocycles. The maximum absolute atomic E-state index is 12.2. The lowest BCUT2D eigenvalue weighted by molar-refractivity contribution is 0.0952. The van der Waals surface area contributed by atoms with Gasteiger partial charge in [0, 0.05) is 16.4 Å². The minimum absolute atomic E-state index is 0.0371. The summed E-state index contributed by atoms with van der Waals surface area (Å²) in [6.45, 7) is 3.69. The van der Waals surface area contributed by atoms with E-state index in [1.54, 1.807) is 0 Å². The minimum atomic E-state index is -0.556. The van der Waals surface area contributed by atoms with Crippen molar-refractivity contribution in [2.24, 2.45) is 0 Å². The number of nitrogens with zero attached hydrogens (tertiary/aromatic N) is 4. The van der Waals surface area contributed by atoms with Crippen molar-refractivity contribution in [3.05, 3.63) is 50.5 Å². The molecule has 2 N–H and O–H groups in total. The average molecular weight is 386 g/mol. The molecule has 2 aromatic heterocycles. The van der Waals surface area contributed by atoms with E-state index in [2.05, 4.69) is 25.9 Å². The SMILES string of the molecule is Cc1cc(C)n2nc(C(=O)NNc3c(Cl)cc(Cl)cc3Cl)nc2n1. The molecule has 0 atom stereocenters. The van der Waals surface area contributed by atoms with Crippen molar-refractivity contribution >= 4 is 52.2 Å². The van der Waals surface area contributed by atoms with Crippen molar-refractivity contribution in [2.75, 3.05) is 5.43 Å². The number of hydrogen-bond acceptors (Lipinski definition) is 5. The Hall–Kier alpha value is -2.09. The van der Waals surface area contributed by atoms with Crippen molar-refractivity contribution in [1.29, 1.82) is 0 Å². The Labute approximate surface area is 151 Å². The fourth-order valence-corrected chi connectivity index (χ4v) is 3.01. The van der Waals surface area contributed by atoms with Crippen molar-refractivity contribution in [3.63, 3.8) is 0 Å². The molecule has 0 unspecified atom stereocenters. The summed E-state index contributed by atoms with van der Waals surface area (Å²) >= 11 is 17.9. The van der Waals surface area contributed by atoms with Gasteiger partial charge in [0.25, 0.3) is 5.78 Å². The van der Waals surface area contributed by atoms with Crippen LogP contribution in [0.3, 0.4) is 0 Å². The molecule has 0 aliphatic carbocycles. The monoisotopic (exact) mass is 384 g/mol. The predicted octanol–water partition coefficient (Wildman–Crippen LogP) is 3.46. The van der Waals surface area contributed by atoms with Crippen LogP contribution in [0, 0.1) is 13.8 Å². The second-order valence-electron chi connectivity index (χ2n) is 5.01. The Kier molecular flexibility index (Phi) is 4.49. The molecular weight excluding hydrogens is 375 g/mol. The first kappa shape index (κ1) is 16.8. The number of hydrazine groups is 1. The summed E-state index contributed by atoms with van der Waals surface area (Å²) in [6.07, 6.45) is 0. The third-order valence-electron chi connectivity index (χ3n) is 3.13. The number of nitrogens with one attached hydrogen (secondary N) is 2. The van der Waals surface area contributed by atoms with E-state index in [1.807, 2.05) is 19.9 Å².